The number of benzene rings is 2. The molecule has 3 aromatic rings. The van der Waals surface area contributed by atoms with E-state index in [-0.39, 0.29) is 0 Å². The van der Waals surface area contributed by atoms with E-state index < -0.39 is 0 Å². The molecule has 20 heavy (non-hydrogen) atoms. The molecule has 4 heteroatoms. The van der Waals surface area contributed by atoms with E-state index in [9.17, 15) is 0 Å². The lowest BCUT2D eigenvalue weighted by Gasteiger charge is -2.08. The van der Waals surface area contributed by atoms with Gasteiger partial charge in [-0.1, -0.05) is 35.9 Å². The van der Waals surface area contributed by atoms with Gasteiger partial charge in [0.25, 0.3) is 0 Å². The van der Waals surface area contributed by atoms with Crippen LogP contribution in [0.1, 0.15) is 5.56 Å². The average molecular weight is 284 g/mol. The van der Waals surface area contributed by atoms with Gasteiger partial charge in [0.1, 0.15) is 12.1 Å². The van der Waals surface area contributed by atoms with Crippen LogP contribution in [0.25, 0.3) is 10.9 Å². The van der Waals surface area contributed by atoms with Crippen LogP contribution < -0.4 is 5.32 Å². The maximum absolute atomic E-state index is 5.98. The summed E-state index contributed by atoms with van der Waals surface area (Å²) in [5, 5.41) is 5.18. The zero-order chi connectivity index (χ0) is 13.8. The van der Waals surface area contributed by atoms with Gasteiger partial charge in [0.05, 0.1) is 5.52 Å². The largest absolute Gasteiger partial charge is 0.369 e. The molecule has 1 N–H and O–H groups in total. The smallest absolute Gasteiger partial charge is 0.137 e. The Hall–Kier alpha value is -2.13. The Morgan fingerprint density at radius 1 is 1.00 bits per heavy atom. The first-order valence-electron chi connectivity index (χ1n) is 6.51. The molecule has 0 amide bonds. The Morgan fingerprint density at radius 3 is 2.80 bits per heavy atom. The van der Waals surface area contributed by atoms with Crippen molar-refractivity contribution in [1.29, 1.82) is 0 Å². The second-order valence-corrected chi connectivity index (χ2v) is 4.98. The lowest BCUT2D eigenvalue weighted by atomic mass is 10.1. The fraction of sp³-hybridized carbons (Fsp3) is 0.125. The molecule has 0 aliphatic carbocycles. The van der Waals surface area contributed by atoms with Crippen molar-refractivity contribution in [2.45, 2.75) is 6.42 Å². The summed E-state index contributed by atoms with van der Waals surface area (Å²) in [5.74, 6) is 0.873. The lowest BCUT2D eigenvalue weighted by Crippen LogP contribution is -2.07. The second-order valence-electron chi connectivity index (χ2n) is 4.55. The van der Waals surface area contributed by atoms with Gasteiger partial charge in [-0.05, 0) is 36.2 Å². The third kappa shape index (κ3) is 2.89. The standard InChI is InChI=1S/C16H14ClN3/c17-13-5-3-4-12(10-13)8-9-18-16-14-6-1-2-7-15(14)19-11-20-16/h1-7,10-11H,8-9H2,(H,18,19,20). The number of nitrogens with one attached hydrogen (secondary N) is 1. The fourth-order valence-electron chi connectivity index (χ4n) is 2.16. The van der Waals surface area contributed by atoms with E-state index in [4.69, 9.17) is 11.6 Å². The third-order valence-electron chi connectivity index (χ3n) is 3.14. The topological polar surface area (TPSA) is 37.8 Å². The van der Waals surface area contributed by atoms with Crippen LogP contribution in [0.5, 0.6) is 0 Å². The normalized spacial score (nSPS) is 10.7. The Morgan fingerprint density at radius 2 is 1.90 bits per heavy atom. The minimum Gasteiger partial charge on any atom is -0.369 e. The molecule has 3 nitrogen and oxygen atoms in total. The van der Waals surface area contributed by atoms with Crippen molar-refractivity contribution in [2.75, 3.05) is 11.9 Å². The van der Waals surface area contributed by atoms with E-state index >= 15 is 0 Å². The molecular weight excluding hydrogens is 270 g/mol. The first-order chi connectivity index (χ1) is 9.83. The number of fused-ring (bicyclic) bond motifs is 1. The van der Waals surface area contributed by atoms with E-state index in [0.717, 1.165) is 34.7 Å². The maximum Gasteiger partial charge on any atom is 0.137 e. The predicted molar refractivity (Wildman–Crippen MR) is 83.2 cm³/mol. The lowest BCUT2D eigenvalue weighted by molar-refractivity contribution is 1.01. The number of aromatic nitrogens is 2. The highest BCUT2D eigenvalue weighted by Crippen LogP contribution is 2.18. The van der Waals surface area contributed by atoms with Crippen molar-refractivity contribution in [3.05, 3.63) is 65.4 Å². The zero-order valence-electron chi connectivity index (χ0n) is 10.9. The Kier molecular flexibility index (Phi) is 3.79. The molecule has 1 heterocycles. The summed E-state index contributed by atoms with van der Waals surface area (Å²) >= 11 is 5.98. The summed E-state index contributed by atoms with van der Waals surface area (Å²) in [5.41, 5.74) is 2.16. The van der Waals surface area contributed by atoms with Crippen molar-refractivity contribution < 1.29 is 0 Å². The van der Waals surface area contributed by atoms with E-state index in [0.29, 0.717) is 0 Å². The second kappa shape index (κ2) is 5.88. The molecule has 0 bridgehead atoms. The molecule has 0 unspecified atom stereocenters. The van der Waals surface area contributed by atoms with Gasteiger partial charge in [-0.3, -0.25) is 0 Å². The third-order valence-corrected chi connectivity index (χ3v) is 3.37. The number of para-hydroxylation sites is 1. The zero-order valence-corrected chi connectivity index (χ0v) is 11.6. The minimum atomic E-state index is 0.773. The highest BCUT2D eigenvalue weighted by molar-refractivity contribution is 6.30. The van der Waals surface area contributed by atoms with Gasteiger partial charge >= 0.3 is 0 Å². The molecule has 0 fully saturated rings. The summed E-state index contributed by atoms with van der Waals surface area (Å²) in [4.78, 5) is 8.56. The molecule has 3 rings (SSSR count). The van der Waals surface area contributed by atoms with Crippen LogP contribution in [-0.4, -0.2) is 16.5 Å². The van der Waals surface area contributed by atoms with Crippen molar-refractivity contribution >= 4 is 28.3 Å². The highest BCUT2D eigenvalue weighted by Gasteiger charge is 2.02. The Labute approximate surface area is 122 Å². The molecule has 2 aromatic carbocycles. The summed E-state index contributed by atoms with van der Waals surface area (Å²) in [6, 6.07) is 15.9. The first kappa shape index (κ1) is 12.9. The van der Waals surface area contributed by atoms with Gasteiger partial charge in [0, 0.05) is 17.0 Å². The molecule has 0 aliphatic heterocycles. The molecule has 1 aromatic heterocycles. The molecule has 0 saturated carbocycles. The van der Waals surface area contributed by atoms with Crippen LogP contribution in [0, 0.1) is 0 Å². The van der Waals surface area contributed by atoms with Crippen LogP contribution in [0.4, 0.5) is 5.82 Å². The number of hydrogen-bond donors (Lipinski definition) is 1. The van der Waals surface area contributed by atoms with Crippen molar-refractivity contribution in [2.24, 2.45) is 0 Å². The van der Waals surface area contributed by atoms with Crippen molar-refractivity contribution in [3.8, 4) is 0 Å². The van der Waals surface area contributed by atoms with Crippen molar-refractivity contribution in [1.82, 2.24) is 9.97 Å². The molecular formula is C16H14ClN3. The summed E-state index contributed by atoms with van der Waals surface area (Å²) in [7, 11) is 0. The van der Waals surface area contributed by atoms with Crippen LogP contribution >= 0.6 is 11.6 Å². The van der Waals surface area contributed by atoms with Gasteiger partial charge in [0.15, 0.2) is 0 Å². The average Bonchev–Trinajstić information content (AvgIpc) is 2.48. The van der Waals surface area contributed by atoms with E-state index in [1.807, 2.05) is 42.5 Å². The quantitative estimate of drug-likeness (QED) is 0.788. The predicted octanol–water partition coefficient (Wildman–Crippen LogP) is 3.94. The fourth-order valence-corrected chi connectivity index (χ4v) is 2.38. The van der Waals surface area contributed by atoms with Crippen LogP contribution in [0.3, 0.4) is 0 Å². The van der Waals surface area contributed by atoms with Gasteiger partial charge < -0.3 is 5.32 Å². The number of halogens is 1. The van der Waals surface area contributed by atoms with E-state index in [1.165, 1.54) is 5.56 Å². The van der Waals surface area contributed by atoms with E-state index in [2.05, 4.69) is 21.4 Å². The number of hydrogen-bond acceptors (Lipinski definition) is 3. The summed E-state index contributed by atoms with van der Waals surface area (Å²) in [6.07, 6.45) is 2.49. The Bertz CT molecular complexity index is 722. The monoisotopic (exact) mass is 283 g/mol. The van der Waals surface area contributed by atoms with Crippen LogP contribution in [-0.2, 0) is 6.42 Å². The number of rotatable bonds is 4. The molecule has 0 aliphatic rings. The summed E-state index contributed by atoms with van der Waals surface area (Å²) < 4.78 is 0. The van der Waals surface area contributed by atoms with E-state index in [1.54, 1.807) is 6.33 Å². The Balaban J connectivity index is 1.71. The number of nitrogens with zero attached hydrogens (tertiary/aromatic N) is 2. The molecule has 0 atom stereocenters. The first-order valence-corrected chi connectivity index (χ1v) is 6.89. The maximum atomic E-state index is 5.98. The van der Waals surface area contributed by atoms with Gasteiger partial charge in [0.2, 0.25) is 0 Å². The van der Waals surface area contributed by atoms with Crippen LogP contribution in [0.15, 0.2) is 54.9 Å². The van der Waals surface area contributed by atoms with Gasteiger partial charge in [-0.2, -0.15) is 0 Å². The van der Waals surface area contributed by atoms with Crippen molar-refractivity contribution in [3.63, 3.8) is 0 Å². The van der Waals surface area contributed by atoms with Crippen LogP contribution in [0.2, 0.25) is 5.02 Å². The minimum absolute atomic E-state index is 0.773. The molecule has 0 spiro atoms. The number of anilines is 1. The van der Waals surface area contributed by atoms with Gasteiger partial charge in [-0.25, -0.2) is 9.97 Å². The molecule has 100 valence electrons. The molecule has 0 radical (unpaired) electrons. The molecule has 0 saturated heterocycles. The van der Waals surface area contributed by atoms with Gasteiger partial charge in [-0.15, -0.1) is 0 Å². The highest BCUT2D eigenvalue weighted by atomic mass is 35.5. The summed E-state index contributed by atoms with van der Waals surface area (Å²) in [6.45, 7) is 0.807. The SMILES string of the molecule is Clc1cccc(CCNc2ncnc3ccccc23)c1.